The van der Waals surface area contributed by atoms with Crippen molar-refractivity contribution in [1.29, 1.82) is 0 Å². The Bertz CT molecular complexity index is 297. The summed E-state index contributed by atoms with van der Waals surface area (Å²) in [6.45, 7) is -0.180. The van der Waals surface area contributed by atoms with Crippen LogP contribution in [0.2, 0.25) is 0 Å². The van der Waals surface area contributed by atoms with Crippen molar-refractivity contribution in [2.45, 2.75) is 37.5 Å². The van der Waals surface area contributed by atoms with Gasteiger partial charge in [-0.1, -0.05) is 0 Å². The predicted molar refractivity (Wildman–Crippen MR) is 56.5 cm³/mol. The van der Waals surface area contributed by atoms with E-state index in [0.717, 1.165) is 0 Å². The van der Waals surface area contributed by atoms with Gasteiger partial charge in [-0.05, 0) is 12.8 Å². The molecular weight excluding hydrogens is 255 g/mol. The number of amides is 1. The Morgan fingerprint density at radius 1 is 1.33 bits per heavy atom. The molecule has 0 heterocycles. The van der Waals surface area contributed by atoms with Crippen LogP contribution in [-0.4, -0.2) is 41.8 Å². The number of carbonyl (C=O) groups excluding carboxylic acids is 1. The van der Waals surface area contributed by atoms with E-state index < -0.39 is 43.0 Å². The summed E-state index contributed by atoms with van der Waals surface area (Å²) in [5.41, 5.74) is 10.4. The predicted octanol–water partition coefficient (Wildman–Crippen LogP) is -0.426. The van der Waals surface area contributed by atoms with E-state index in [2.05, 4.69) is 0 Å². The molecule has 1 amide bonds. The maximum absolute atomic E-state index is 11.9. The van der Waals surface area contributed by atoms with Gasteiger partial charge in [-0.3, -0.25) is 4.79 Å². The third-order valence-electron chi connectivity index (χ3n) is 2.16. The minimum absolute atomic E-state index is 0.180. The van der Waals surface area contributed by atoms with Gasteiger partial charge >= 0.3 is 12.1 Å². The Kier molecular flexibility index (Phi) is 6.63. The third kappa shape index (κ3) is 7.07. The molecule has 18 heavy (non-hydrogen) atoms. The van der Waals surface area contributed by atoms with Gasteiger partial charge in [-0.25, -0.2) is 4.79 Å². The van der Waals surface area contributed by atoms with Crippen LogP contribution in [0.1, 0.15) is 19.3 Å². The van der Waals surface area contributed by atoms with Crippen LogP contribution in [0.15, 0.2) is 0 Å². The summed E-state index contributed by atoms with van der Waals surface area (Å²) in [6, 6.07) is -2.47. The lowest BCUT2D eigenvalue weighted by Gasteiger charge is -2.17. The quantitative estimate of drug-likeness (QED) is 0.501. The number of hydrogen-bond donors (Lipinski definition) is 4. The van der Waals surface area contributed by atoms with E-state index >= 15 is 0 Å². The summed E-state index contributed by atoms with van der Waals surface area (Å²) in [7, 11) is 0. The number of carboxylic acids is 1. The Hall–Kier alpha value is -1.35. The van der Waals surface area contributed by atoms with Crippen molar-refractivity contribution in [1.82, 2.24) is 5.32 Å². The molecule has 0 fully saturated rings. The molecule has 0 aromatic carbocycles. The Morgan fingerprint density at radius 3 is 2.28 bits per heavy atom. The SMILES string of the molecule is NC[C@@H](N)C(=O)N[C@@H](CCCC(F)(F)F)C(=O)O. The summed E-state index contributed by atoms with van der Waals surface area (Å²) < 4.78 is 35.6. The molecule has 0 aliphatic rings. The number of aliphatic carboxylic acids is 1. The van der Waals surface area contributed by atoms with E-state index in [-0.39, 0.29) is 13.0 Å². The molecule has 0 radical (unpaired) electrons. The van der Waals surface area contributed by atoms with Crippen LogP contribution < -0.4 is 16.8 Å². The fourth-order valence-corrected chi connectivity index (χ4v) is 1.15. The fourth-order valence-electron chi connectivity index (χ4n) is 1.15. The van der Waals surface area contributed by atoms with Gasteiger partial charge in [0, 0.05) is 13.0 Å². The van der Waals surface area contributed by atoms with Gasteiger partial charge in [-0.15, -0.1) is 0 Å². The zero-order valence-electron chi connectivity index (χ0n) is 9.54. The molecule has 6 nitrogen and oxygen atoms in total. The van der Waals surface area contributed by atoms with Crippen molar-refractivity contribution in [3.05, 3.63) is 0 Å². The maximum atomic E-state index is 11.9. The van der Waals surface area contributed by atoms with Crippen LogP contribution in [-0.2, 0) is 9.59 Å². The van der Waals surface area contributed by atoms with Crippen LogP contribution in [0.25, 0.3) is 0 Å². The summed E-state index contributed by atoms with van der Waals surface area (Å²) in [5, 5.41) is 10.8. The average molecular weight is 271 g/mol. The molecule has 0 aromatic rings. The number of nitrogens with two attached hydrogens (primary N) is 2. The molecule has 0 saturated carbocycles. The highest BCUT2D eigenvalue weighted by Gasteiger charge is 2.28. The number of carboxylic acid groups (broad SMARTS) is 1. The molecule has 6 N–H and O–H groups in total. The van der Waals surface area contributed by atoms with Crippen molar-refractivity contribution in [3.8, 4) is 0 Å². The number of halogens is 3. The van der Waals surface area contributed by atoms with Crippen LogP contribution in [0.5, 0.6) is 0 Å². The first kappa shape index (κ1) is 16.6. The molecule has 0 aliphatic heterocycles. The Labute approximate surface area is 102 Å². The van der Waals surface area contributed by atoms with Gasteiger partial charge in [0.15, 0.2) is 0 Å². The average Bonchev–Trinajstić information content (AvgIpc) is 2.24. The standard InChI is InChI=1S/C9H16F3N3O3/c10-9(11,12)3-1-2-6(8(17)18)15-7(16)5(14)4-13/h5-6H,1-4,13-14H2,(H,15,16)(H,17,18)/t5-,6+/m1/s1. The monoisotopic (exact) mass is 271 g/mol. The molecule has 0 saturated heterocycles. The second-order valence-electron chi connectivity index (χ2n) is 3.75. The van der Waals surface area contributed by atoms with E-state index in [0.29, 0.717) is 0 Å². The van der Waals surface area contributed by atoms with Gasteiger partial charge in [0.2, 0.25) is 5.91 Å². The lowest BCUT2D eigenvalue weighted by molar-refractivity contribution is -0.144. The van der Waals surface area contributed by atoms with Crippen LogP contribution >= 0.6 is 0 Å². The van der Waals surface area contributed by atoms with Crippen LogP contribution in [0.3, 0.4) is 0 Å². The molecule has 0 unspecified atom stereocenters. The maximum Gasteiger partial charge on any atom is 0.389 e. The highest BCUT2D eigenvalue weighted by Crippen LogP contribution is 2.22. The minimum atomic E-state index is -4.35. The zero-order chi connectivity index (χ0) is 14.3. The number of nitrogens with one attached hydrogen (secondary N) is 1. The molecule has 0 rings (SSSR count). The Balaban J connectivity index is 4.24. The molecular formula is C9H16F3N3O3. The minimum Gasteiger partial charge on any atom is -0.480 e. The fraction of sp³-hybridized carbons (Fsp3) is 0.778. The van der Waals surface area contributed by atoms with Gasteiger partial charge in [0.1, 0.15) is 6.04 Å². The number of hydrogen-bond acceptors (Lipinski definition) is 4. The summed E-state index contributed by atoms with van der Waals surface area (Å²) >= 11 is 0. The van der Waals surface area contributed by atoms with Crippen molar-refractivity contribution < 1.29 is 27.9 Å². The second kappa shape index (κ2) is 7.17. The molecule has 106 valence electrons. The normalized spacial score (nSPS) is 14.9. The molecule has 9 heteroatoms. The highest BCUT2D eigenvalue weighted by molar-refractivity contribution is 5.86. The number of alkyl halides is 3. The van der Waals surface area contributed by atoms with Gasteiger partial charge in [0.25, 0.3) is 0 Å². The lowest BCUT2D eigenvalue weighted by Crippen LogP contribution is -2.51. The third-order valence-corrected chi connectivity index (χ3v) is 2.16. The zero-order valence-corrected chi connectivity index (χ0v) is 9.54. The number of rotatable bonds is 7. The summed E-state index contributed by atoms with van der Waals surface area (Å²) in [4.78, 5) is 22.0. The van der Waals surface area contributed by atoms with E-state index in [1.54, 1.807) is 0 Å². The van der Waals surface area contributed by atoms with Gasteiger partial charge in [0.05, 0.1) is 6.04 Å². The largest absolute Gasteiger partial charge is 0.480 e. The smallest absolute Gasteiger partial charge is 0.389 e. The van der Waals surface area contributed by atoms with E-state index in [1.807, 2.05) is 5.32 Å². The van der Waals surface area contributed by atoms with Crippen molar-refractivity contribution in [3.63, 3.8) is 0 Å². The highest BCUT2D eigenvalue weighted by atomic mass is 19.4. The summed E-state index contributed by atoms with van der Waals surface area (Å²) in [5.74, 6) is -2.20. The van der Waals surface area contributed by atoms with Gasteiger partial charge < -0.3 is 21.9 Å². The first-order valence-corrected chi connectivity index (χ1v) is 5.23. The van der Waals surface area contributed by atoms with Crippen molar-refractivity contribution in [2.24, 2.45) is 11.5 Å². The summed E-state index contributed by atoms with van der Waals surface area (Å²) in [6.07, 6.45) is -6.16. The molecule has 0 aliphatic carbocycles. The second-order valence-corrected chi connectivity index (χ2v) is 3.75. The van der Waals surface area contributed by atoms with E-state index in [9.17, 15) is 22.8 Å². The van der Waals surface area contributed by atoms with Crippen molar-refractivity contribution in [2.75, 3.05) is 6.54 Å². The van der Waals surface area contributed by atoms with Gasteiger partial charge in [-0.2, -0.15) is 13.2 Å². The van der Waals surface area contributed by atoms with E-state index in [1.165, 1.54) is 0 Å². The molecule has 0 aromatic heterocycles. The first-order valence-electron chi connectivity index (χ1n) is 5.23. The van der Waals surface area contributed by atoms with E-state index in [4.69, 9.17) is 16.6 Å². The molecule has 0 spiro atoms. The van der Waals surface area contributed by atoms with Crippen molar-refractivity contribution >= 4 is 11.9 Å². The lowest BCUT2D eigenvalue weighted by atomic mass is 10.1. The van der Waals surface area contributed by atoms with Crippen LogP contribution in [0.4, 0.5) is 13.2 Å². The van der Waals surface area contributed by atoms with Crippen LogP contribution in [0, 0.1) is 0 Å². The molecule has 0 bridgehead atoms. The molecule has 2 atom stereocenters. The Morgan fingerprint density at radius 2 is 1.89 bits per heavy atom. The number of carbonyl (C=O) groups is 2. The first-order chi connectivity index (χ1) is 8.17. The topological polar surface area (TPSA) is 118 Å².